The summed E-state index contributed by atoms with van der Waals surface area (Å²) in [4.78, 5) is 17.0. The van der Waals surface area contributed by atoms with Crippen molar-refractivity contribution >= 4 is 11.7 Å². The summed E-state index contributed by atoms with van der Waals surface area (Å²) in [6.45, 7) is 5.34. The molecule has 2 rings (SSSR count). The molecule has 0 amide bonds. The molecule has 1 fully saturated rings. The molecule has 7 heteroatoms. The molecule has 1 aromatic carbocycles. The first-order valence-electron chi connectivity index (χ1n) is 6.90. The molecule has 3 N–H and O–H groups in total. The second-order valence-electron chi connectivity index (χ2n) is 5.38. The van der Waals surface area contributed by atoms with Crippen LogP contribution in [0.15, 0.2) is 24.4 Å². The summed E-state index contributed by atoms with van der Waals surface area (Å²) in [5.41, 5.74) is 6.57. The third kappa shape index (κ3) is 3.36. The van der Waals surface area contributed by atoms with Crippen LogP contribution >= 0.6 is 0 Å². The molecule has 1 aliphatic rings. The van der Waals surface area contributed by atoms with Gasteiger partial charge in [0.25, 0.3) is 0 Å². The molecule has 120 valence electrons. The van der Waals surface area contributed by atoms with E-state index in [4.69, 9.17) is 10.6 Å². The number of aliphatic hydroxyl groups is 1. The average Bonchev–Trinajstić information content (AvgIpc) is 2.74. The van der Waals surface area contributed by atoms with E-state index in [-0.39, 0.29) is 12.1 Å². The van der Waals surface area contributed by atoms with Crippen molar-refractivity contribution in [3.05, 3.63) is 41.6 Å². The molecule has 1 aromatic rings. The number of nitrogens with zero attached hydrogens (tertiary/aromatic N) is 1. The van der Waals surface area contributed by atoms with Crippen molar-refractivity contribution in [3.8, 4) is 0 Å². The minimum Gasteiger partial charge on any atom is -0.398 e. The number of anilines is 1. The largest absolute Gasteiger partial charge is 0.398 e. The number of hydrogen-bond donors (Lipinski definition) is 2. The zero-order valence-corrected chi connectivity index (χ0v) is 12.2. The van der Waals surface area contributed by atoms with E-state index in [1.807, 2.05) is 0 Å². The molecule has 0 saturated carbocycles. The van der Waals surface area contributed by atoms with Gasteiger partial charge in [-0.2, -0.15) is 5.06 Å². The third-order valence-electron chi connectivity index (χ3n) is 3.60. The van der Waals surface area contributed by atoms with Gasteiger partial charge in [0, 0.05) is 23.9 Å². The minimum absolute atomic E-state index is 0.0739. The number of nitrogen functional groups attached to an aromatic ring is 1. The topological polar surface area (TPSA) is 75.8 Å². The molecule has 0 aromatic heterocycles. The summed E-state index contributed by atoms with van der Waals surface area (Å²) >= 11 is 0. The second kappa shape index (κ2) is 6.31. The lowest BCUT2D eigenvalue weighted by molar-refractivity contribution is -0.208. The minimum atomic E-state index is -1.03. The number of benzene rings is 1. The van der Waals surface area contributed by atoms with Gasteiger partial charge in [-0.05, 0) is 24.0 Å². The van der Waals surface area contributed by atoms with Gasteiger partial charge >= 0.3 is 5.97 Å². The van der Waals surface area contributed by atoms with Crippen LogP contribution in [0, 0.1) is 11.6 Å². The number of allylic oxidation sites excluding steroid dienone is 1. The predicted octanol–water partition coefficient (Wildman–Crippen LogP) is 2.43. The second-order valence-corrected chi connectivity index (χ2v) is 5.38. The Hall–Kier alpha value is -2.15. The number of carbonyl (C=O) groups excluding carboxylic acids is 1. The van der Waals surface area contributed by atoms with E-state index < -0.39 is 29.7 Å². The summed E-state index contributed by atoms with van der Waals surface area (Å²) < 4.78 is 26.3. The van der Waals surface area contributed by atoms with Crippen molar-refractivity contribution in [2.75, 3.05) is 5.73 Å². The molecule has 0 radical (unpaired) electrons. The van der Waals surface area contributed by atoms with E-state index in [0.29, 0.717) is 24.1 Å². The van der Waals surface area contributed by atoms with Crippen molar-refractivity contribution in [1.29, 1.82) is 0 Å². The molecule has 0 aliphatic carbocycles. The first-order valence-corrected chi connectivity index (χ1v) is 6.90. The fourth-order valence-electron chi connectivity index (χ4n) is 2.37. The van der Waals surface area contributed by atoms with Crippen molar-refractivity contribution < 1.29 is 23.5 Å². The zero-order valence-electron chi connectivity index (χ0n) is 12.2. The van der Waals surface area contributed by atoms with Crippen LogP contribution in [0.4, 0.5) is 14.5 Å². The molecule has 1 saturated heterocycles. The fourth-order valence-corrected chi connectivity index (χ4v) is 2.37. The SMILES string of the molecule is C=C1CCC(O)N1OC(=O)CC(C)c1cc(F)c(F)cc1N. The summed E-state index contributed by atoms with van der Waals surface area (Å²) in [6.07, 6.45) is -0.0102. The normalized spacial score (nSPS) is 19.4. The van der Waals surface area contributed by atoms with Crippen molar-refractivity contribution in [2.45, 2.75) is 38.3 Å². The maximum atomic E-state index is 13.3. The standard InChI is InChI=1S/C15H18F2N2O3/c1-8(10-6-11(16)12(17)7-13(10)18)5-15(21)22-19-9(2)3-4-14(19)20/h6-8,14,20H,2-5,18H2,1H3. The average molecular weight is 312 g/mol. The van der Waals surface area contributed by atoms with Crippen LogP contribution in [0.5, 0.6) is 0 Å². The molecule has 5 nitrogen and oxygen atoms in total. The monoisotopic (exact) mass is 312 g/mol. The number of aliphatic hydroxyl groups excluding tert-OH is 1. The van der Waals surface area contributed by atoms with Crippen LogP contribution in [0.2, 0.25) is 0 Å². The summed E-state index contributed by atoms with van der Waals surface area (Å²) in [6, 6.07) is 1.87. The van der Waals surface area contributed by atoms with Gasteiger partial charge in [-0.25, -0.2) is 13.6 Å². The van der Waals surface area contributed by atoms with E-state index in [2.05, 4.69) is 6.58 Å². The highest BCUT2D eigenvalue weighted by Crippen LogP contribution is 2.29. The maximum Gasteiger partial charge on any atom is 0.333 e. The molecule has 0 spiro atoms. The highest BCUT2D eigenvalue weighted by molar-refractivity contribution is 5.71. The highest BCUT2D eigenvalue weighted by atomic mass is 19.2. The molecular weight excluding hydrogens is 294 g/mol. The number of rotatable bonds is 4. The molecule has 22 heavy (non-hydrogen) atoms. The summed E-state index contributed by atoms with van der Waals surface area (Å²) in [7, 11) is 0. The lowest BCUT2D eigenvalue weighted by atomic mass is 9.96. The third-order valence-corrected chi connectivity index (χ3v) is 3.60. The van der Waals surface area contributed by atoms with Gasteiger partial charge in [0.05, 0.1) is 6.42 Å². The first-order chi connectivity index (χ1) is 10.3. The number of carbonyl (C=O) groups is 1. The Morgan fingerprint density at radius 1 is 1.55 bits per heavy atom. The van der Waals surface area contributed by atoms with Crippen molar-refractivity contribution in [2.24, 2.45) is 0 Å². The lowest BCUT2D eigenvalue weighted by Gasteiger charge is -2.23. The Labute approximate surface area is 126 Å². The van der Waals surface area contributed by atoms with Gasteiger partial charge in [-0.3, -0.25) is 0 Å². The van der Waals surface area contributed by atoms with Crippen LogP contribution in [-0.2, 0) is 9.63 Å². The van der Waals surface area contributed by atoms with E-state index in [9.17, 15) is 18.7 Å². The Balaban J connectivity index is 2.02. The molecule has 2 atom stereocenters. The molecule has 1 heterocycles. The van der Waals surface area contributed by atoms with Crippen LogP contribution in [0.1, 0.15) is 37.7 Å². The van der Waals surface area contributed by atoms with E-state index in [1.165, 1.54) is 0 Å². The number of halogens is 2. The van der Waals surface area contributed by atoms with Crippen LogP contribution in [0.3, 0.4) is 0 Å². The van der Waals surface area contributed by atoms with E-state index in [1.54, 1.807) is 6.92 Å². The van der Waals surface area contributed by atoms with Crippen molar-refractivity contribution in [3.63, 3.8) is 0 Å². The maximum absolute atomic E-state index is 13.3. The van der Waals surface area contributed by atoms with Gasteiger partial charge in [0.15, 0.2) is 17.9 Å². The van der Waals surface area contributed by atoms with Gasteiger partial charge < -0.3 is 15.7 Å². The predicted molar refractivity (Wildman–Crippen MR) is 76.1 cm³/mol. The van der Waals surface area contributed by atoms with Crippen molar-refractivity contribution in [1.82, 2.24) is 5.06 Å². The Bertz CT molecular complexity index is 607. The smallest absolute Gasteiger partial charge is 0.333 e. The molecule has 2 unspecified atom stereocenters. The zero-order chi connectivity index (χ0) is 16.4. The summed E-state index contributed by atoms with van der Waals surface area (Å²) in [5, 5.41) is 10.7. The van der Waals surface area contributed by atoms with Gasteiger partial charge in [-0.15, -0.1) is 0 Å². The molecule has 0 bridgehead atoms. The van der Waals surface area contributed by atoms with E-state index >= 15 is 0 Å². The molecular formula is C15H18F2N2O3. The van der Waals surface area contributed by atoms with Crippen LogP contribution in [-0.4, -0.2) is 22.4 Å². The highest BCUT2D eigenvalue weighted by Gasteiger charge is 2.29. The first kappa shape index (κ1) is 16.2. The number of hydrogen-bond acceptors (Lipinski definition) is 5. The quantitative estimate of drug-likeness (QED) is 0.835. The lowest BCUT2D eigenvalue weighted by Crippen LogP contribution is -2.31. The number of hydroxylamine groups is 2. The fraction of sp³-hybridized carbons (Fsp3) is 0.400. The Morgan fingerprint density at radius 3 is 2.77 bits per heavy atom. The molecule has 1 aliphatic heterocycles. The Morgan fingerprint density at radius 2 is 2.18 bits per heavy atom. The van der Waals surface area contributed by atoms with E-state index in [0.717, 1.165) is 17.2 Å². The Kier molecular flexibility index (Phi) is 4.65. The van der Waals surface area contributed by atoms with Crippen LogP contribution < -0.4 is 5.73 Å². The van der Waals surface area contributed by atoms with Gasteiger partial charge in [0.1, 0.15) is 0 Å². The van der Waals surface area contributed by atoms with Crippen LogP contribution in [0.25, 0.3) is 0 Å². The number of nitrogens with two attached hydrogens (primary N) is 1. The van der Waals surface area contributed by atoms with Gasteiger partial charge in [0.2, 0.25) is 0 Å². The summed E-state index contributed by atoms with van der Waals surface area (Å²) in [5.74, 6) is -3.13. The van der Waals surface area contributed by atoms with Gasteiger partial charge in [-0.1, -0.05) is 13.5 Å².